The summed E-state index contributed by atoms with van der Waals surface area (Å²) in [5.74, 6) is 0.173. The zero-order valence-electron chi connectivity index (χ0n) is 70.6. The van der Waals surface area contributed by atoms with Gasteiger partial charge in [-0.3, -0.25) is 0 Å². The van der Waals surface area contributed by atoms with Crippen molar-refractivity contribution in [3.63, 3.8) is 0 Å². The van der Waals surface area contributed by atoms with Gasteiger partial charge >= 0.3 is 0 Å². The van der Waals surface area contributed by atoms with Crippen LogP contribution in [0, 0.1) is 11.9 Å². The van der Waals surface area contributed by atoms with Crippen LogP contribution in [0.2, 0.25) is 92.1 Å². The van der Waals surface area contributed by atoms with E-state index in [4.69, 9.17) is 59.7 Å². The van der Waals surface area contributed by atoms with Crippen molar-refractivity contribution >= 4 is 145 Å². The average Bonchev–Trinajstić information content (AvgIpc) is 1.72. The van der Waals surface area contributed by atoms with Gasteiger partial charge in [0, 0.05) is 162 Å². The molecule has 3 aliphatic heterocycles. The molecule has 664 valence electrons. The molecular formula is C81H111Cl3F2N22O9S3Si3. The second kappa shape index (κ2) is 42.7. The number of anilines is 2. The van der Waals surface area contributed by atoms with E-state index in [-0.39, 0.29) is 25.6 Å². The van der Waals surface area contributed by atoms with E-state index < -0.39 is 66.2 Å². The Labute approximate surface area is 736 Å². The molecule has 0 bridgehead atoms. The van der Waals surface area contributed by atoms with E-state index in [2.05, 4.69) is 129 Å². The minimum absolute atomic E-state index is 0. The predicted octanol–water partition coefficient (Wildman–Crippen LogP) is 15.4. The molecule has 12 aromatic heterocycles. The van der Waals surface area contributed by atoms with Crippen LogP contribution in [0.25, 0.3) is 89.7 Å². The second-order valence-corrected chi connectivity index (χ2v) is 57.9. The van der Waals surface area contributed by atoms with Gasteiger partial charge < -0.3 is 49.3 Å². The minimum atomic E-state index is -3.23. The van der Waals surface area contributed by atoms with Gasteiger partial charge in [0.2, 0.25) is 42.0 Å². The number of hydrogen-bond donors (Lipinski definition) is 4. The third-order valence-corrected chi connectivity index (χ3v) is 29.8. The van der Waals surface area contributed by atoms with Gasteiger partial charge in [-0.15, -0.1) is 0 Å². The Morgan fingerprint density at radius 1 is 0.472 bits per heavy atom. The molecule has 12 aromatic rings. The number of sulfonamides is 3. The fourth-order valence-corrected chi connectivity index (χ4v) is 19.0. The second-order valence-electron chi connectivity index (χ2n) is 33.8. The minimum Gasteiger partial charge on any atom is -0.365 e. The third-order valence-electron chi connectivity index (χ3n) is 20.0. The van der Waals surface area contributed by atoms with E-state index in [9.17, 15) is 34.0 Å². The van der Waals surface area contributed by atoms with Crippen LogP contribution in [0.15, 0.2) is 129 Å². The number of nitrogens with one attached hydrogen (secondary N) is 3. The highest BCUT2D eigenvalue weighted by Gasteiger charge is 2.30. The number of hydrogen-bond acceptors (Lipinski definition) is 24. The first-order chi connectivity index (χ1) is 57.7. The summed E-state index contributed by atoms with van der Waals surface area (Å²) in [6, 6.07) is 19.2. The topological polar surface area (TPSA) is 375 Å². The molecule has 3 atom stereocenters. The fourth-order valence-electron chi connectivity index (χ4n) is 13.3. The Bertz CT molecular complexity index is 5930. The van der Waals surface area contributed by atoms with E-state index in [0.29, 0.717) is 172 Å². The molecule has 15 rings (SSSR count). The number of fused-ring (bicyclic) bond motifs is 4. The van der Waals surface area contributed by atoms with Gasteiger partial charge in [0.1, 0.15) is 53.9 Å². The number of pyridine rings is 4. The van der Waals surface area contributed by atoms with Gasteiger partial charge in [-0.2, -0.15) is 8.78 Å². The number of aromatic amines is 1. The van der Waals surface area contributed by atoms with E-state index in [0.717, 1.165) is 80.0 Å². The van der Waals surface area contributed by atoms with Gasteiger partial charge in [0.15, 0.2) is 22.6 Å². The highest BCUT2D eigenvalue weighted by atomic mass is 35.5. The summed E-state index contributed by atoms with van der Waals surface area (Å²) in [6.07, 6.45) is 28.6. The lowest BCUT2D eigenvalue weighted by Gasteiger charge is -2.32. The fraction of sp³-hybridized carbons (Fsp3) is 0.457. The maximum absolute atomic E-state index is 13.8. The summed E-state index contributed by atoms with van der Waals surface area (Å²) in [7, 11) is -12.8. The molecule has 0 radical (unpaired) electrons. The van der Waals surface area contributed by atoms with E-state index in [1.165, 1.54) is 50.3 Å². The molecule has 0 saturated carbocycles. The number of ether oxygens (including phenoxy) is 3. The summed E-state index contributed by atoms with van der Waals surface area (Å²) in [6.45, 7) is 27.3. The lowest BCUT2D eigenvalue weighted by Crippen LogP contribution is -2.45. The number of nitrogens with two attached hydrogens (primary N) is 1. The van der Waals surface area contributed by atoms with Crippen molar-refractivity contribution in [2.75, 3.05) is 88.5 Å². The van der Waals surface area contributed by atoms with Crippen molar-refractivity contribution in [3.05, 3.63) is 156 Å². The summed E-state index contributed by atoms with van der Waals surface area (Å²) in [5, 5.41) is 8.29. The normalized spacial score (nSPS) is 16.5. The van der Waals surface area contributed by atoms with E-state index in [1.807, 2.05) is 50.2 Å². The summed E-state index contributed by atoms with van der Waals surface area (Å²) < 4.78 is 125. The first-order valence-corrected chi connectivity index (χ1v) is 57.9. The lowest BCUT2D eigenvalue weighted by atomic mass is 10.1. The first kappa shape index (κ1) is 96.8. The molecule has 3 aliphatic rings. The zero-order valence-corrected chi connectivity index (χ0v) is 78.3. The third kappa shape index (κ3) is 27.8. The Kier molecular flexibility index (Phi) is 33.7. The molecule has 31 nitrogen and oxygen atoms in total. The van der Waals surface area contributed by atoms with Crippen LogP contribution in [0.5, 0.6) is 0 Å². The quantitative estimate of drug-likeness (QED) is 0.0222. The molecule has 42 heteroatoms. The van der Waals surface area contributed by atoms with Crippen LogP contribution in [-0.4, -0.2) is 237 Å². The van der Waals surface area contributed by atoms with Crippen LogP contribution in [0.4, 0.5) is 20.4 Å². The zero-order chi connectivity index (χ0) is 87.9. The molecule has 3 saturated heterocycles. The number of piperidine rings is 3. The van der Waals surface area contributed by atoms with Gasteiger partial charge in [-0.05, 0) is 111 Å². The smallest absolute Gasteiger partial charge is 0.222 e. The lowest BCUT2D eigenvalue weighted by molar-refractivity contribution is 0.0898. The Balaban J connectivity index is 0.000000166. The molecule has 3 unspecified atom stereocenters. The van der Waals surface area contributed by atoms with Crippen LogP contribution in [0.1, 0.15) is 46.0 Å². The van der Waals surface area contributed by atoms with Crippen molar-refractivity contribution in [1.29, 1.82) is 0 Å². The molecule has 0 aromatic carbocycles. The van der Waals surface area contributed by atoms with Gasteiger partial charge in [-0.1, -0.05) is 101 Å². The molecule has 3 fully saturated rings. The molecule has 123 heavy (non-hydrogen) atoms. The SMILES string of the molecule is C.CS(=O)(=O)N1CCCC(N)C1.CS(=O)(=O)N1CCCC(Nc2ncccc2-c2cnc3[nH]cc(Cl)c3n2)C1.C[Si](C)(C)CCOCn1cc(Cl)c2nc(-c3cccnc3F)cnc21.C[Si](C)(C)CCOCn1cc(Cl)c2nc(-c3cccnc3NC3CCCN(S(C)(=O)=O)C3)cnc21.C[Si](C)(C)CCOCn1ccc2nc(-c3cccnc3F)cnc21. The molecule has 5 N–H and O–H groups in total. The summed E-state index contributed by atoms with van der Waals surface area (Å²) >= 11 is 19.0. The largest absolute Gasteiger partial charge is 0.365 e. The molecular weight excluding hydrogens is 1750 g/mol. The Morgan fingerprint density at radius 2 is 0.846 bits per heavy atom. The van der Waals surface area contributed by atoms with Crippen LogP contribution in [0.3, 0.4) is 0 Å². The van der Waals surface area contributed by atoms with Gasteiger partial charge in [0.05, 0.1) is 92.5 Å². The number of H-pyrrole nitrogens is 1. The average molecular weight is 1860 g/mol. The van der Waals surface area contributed by atoms with Crippen LogP contribution in [-0.2, 0) is 64.5 Å². The van der Waals surface area contributed by atoms with Crippen molar-refractivity contribution < 1.29 is 48.2 Å². The molecule has 0 aliphatic carbocycles. The van der Waals surface area contributed by atoms with Crippen molar-refractivity contribution in [3.8, 4) is 45.0 Å². The highest BCUT2D eigenvalue weighted by molar-refractivity contribution is 7.88. The monoisotopic (exact) mass is 1860 g/mol. The van der Waals surface area contributed by atoms with Crippen LogP contribution >= 0.6 is 34.8 Å². The maximum atomic E-state index is 13.8. The molecule has 0 spiro atoms. The summed E-state index contributed by atoms with van der Waals surface area (Å²) in [5.41, 5.74) is 15.1. The van der Waals surface area contributed by atoms with Crippen molar-refractivity contribution in [1.82, 2.24) is 91.4 Å². The predicted molar refractivity (Wildman–Crippen MR) is 493 cm³/mol. The number of nitrogens with zero attached hydrogens (tertiary/aromatic N) is 18. The number of aromatic nitrogens is 16. The Hall–Kier alpha value is -8.37. The van der Waals surface area contributed by atoms with Gasteiger partial charge in [-0.25, -0.2) is 98.0 Å². The maximum Gasteiger partial charge on any atom is 0.222 e. The summed E-state index contributed by atoms with van der Waals surface area (Å²) in [4.78, 5) is 55.4. The Morgan fingerprint density at radius 3 is 1.26 bits per heavy atom. The van der Waals surface area contributed by atoms with E-state index >= 15 is 0 Å². The number of rotatable bonds is 26. The number of halogens is 5. The standard InChI is InChI=1S/C23H33ClN6O3SSi.C17H20ClFN4OSi.C17H19ClN6O2S.C17H21FN4OSi.C6H14N2O2S.CH4/c1-34(31,32)30-10-6-7-17(14-30)27-22-18(8-5-9-25-22)20-13-26-23-21(28-20)19(24)15-29(23)16-33-11-12-35(2,3)4;1-25(2,3)8-7-24-11-23-10-13(18)15-17(23)21-9-14(22-15)12-5-4-6-20-16(12)19;1-27(25,26)24-7-3-4-11(10-24)22-16-12(5-2-6-19-16)14-9-21-17-15(23-14)13(18)8-20-17;1-24(2,3)10-9-23-12-22-8-6-14-17(22)20-11-15(21-14)13-5-4-7-19-16(13)18;1-11(9,10)8-4-2-3-6(7)5-8;/h5,8-9,13,15,17H,6-7,10-12,14,16H2,1-4H3,(H,25,27);4-6,9-10H,7-8,11H2,1-3H3;2,5-6,8-9,11H,3-4,7,10H2,1H3,(H,19,22)(H,20,21);4-8,11H,9-10,12H2,1-3H3;6H,2-5,7H2,1H3;1H4. The van der Waals surface area contributed by atoms with Crippen molar-refractivity contribution in [2.45, 2.75) is 161 Å². The highest BCUT2D eigenvalue weighted by Crippen LogP contribution is 2.34. The first-order valence-electron chi connectivity index (χ1n) is 40.1. The molecule has 0 amide bonds. The van der Waals surface area contributed by atoms with E-state index in [1.54, 1.807) is 73.8 Å². The van der Waals surface area contributed by atoms with Crippen LogP contribution < -0.4 is 16.4 Å². The molecule has 15 heterocycles. The van der Waals surface area contributed by atoms with Crippen molar-refractivity contribution in [2.24, 2.45) is 5.73 Å². The van der Waals surface area contributed by atoms with Gasteiger partial charge in [0.25, 0.3) is 0 Å².